The summed E-state index contributed by atoms with van der Waals surface area (Å²) in [6.45, 7) is 0. The van der Waals surface area contributed by atoms with Crippen LogP contribution < -0.4 is 5.73 Å². The lowest BCUT2D eigenvalue weighted by molar-refractivity contribution is 0.319. The van der Waals surface area contributed by atoms with E-state index >= 15 is 0 Å². The third kappa shape index (κ3) is 3.46. The second-order valence-corrected chi connectivity index (χ2v) is 6.22. The molecule has 1 nitrogen and oxygen atoms in total. The van der Waals surface area contributed by atoms with Gasteiger partial charge >= 0.3 is 0 Å². The molecule has 0 aliphatic heterocycles. The lowest BCUT2D eigenvalue weighted by Gasteiger charge is -2.25. The molecule has 1 fully saturated rings. The van der Waals surface area contributed by atoms with Crippen LogP contribution in [0.15, 0.2) is 22.7 Å². The minimum absolute atomic E-state index is 0.0723. The van der Waals surface area contributed by atoms with Crippen LogP contribution in [0, 0.1) is 5.92 Å². The van der Waals surface area contributed by atoms with Gasteiger partial charge in [-0.15, -0.1) is 0 Å². The van der Waals surface area contributed by atoms with Gasteiger partial charge in [0.05, 0.1) is 5.02 Å². The van der Waals surface area contributed by atoms with Crippen LogP contribution in [0.5, 0.6) is 0 Å². The van der Waals surface area contributed by atoms with E-state index in [0.29, 0.717) is 0 Å². The maximum atomic E-state index is 6.29. The van der Waals surface area contributed by atoms with Crippen molar-refractivity contribution in [1.82, 2.24) is 0 Å². The molecule has 1 unspecified atom stereocenters. The fraction of sp³-hybridized carbons (Fsp3) is 0.571. The van der Waals surface area contributed by atoms with Gasteiger partial charge in [0.25, 0.3) is 0 Å². The van der Waals surface area contributed by atoms with Crippen molar-refractivity contribution in [3.8, 4) is 0 Å². The Hall–Kier alpha value is -0.0500. The normalized spacial score (nSPS) is 19.2. The Bertz CT molecular complexity index is 374. The number of rotatable bonds is 3. The first-order valence-electron chi connectivity index (χ1n) is 6.38. The summed E-state index contributed by atoms with van der Waals surface area (Å²) in [5.41, 5.74) is 7.37. The van der Waals surface area contributed by atoms with Gasteiger partial charge in [0, 0.05) is 10.5 Å². The Balaban J connectivity index is 2.03. The molecule has 1 aromatic rings. The van der Waals surface area contributed by atoms with Crippen molar-refractivity contribution in [3.05, 3.63) is 33.3 Å². The first-order valence-corrected chi connectivity index (χ1v) is 7.55. The average Bonchev–Trinajstić information content (AvgIpc) is 2.34. The third-order valence-electron chi connectivity index (χ3n) is 3.69. The highest BCUT2D eigenvalue weighted by atomic mass is 79.9. The molecule has 1 atom stereocenters. The molecule has 0 heterocycles. The molecule has 0 saturated heterocycles. The second kappa shape index (κ2) is 6.21. The molecular weight excluding hydrogens is 298 g/mol. The summed E-state index contributed by atoms with van der Waals surface area (Å²) >= 11 is 9.73. The van der Waals surface area contributed by atoms with Gasteiger partial charge in [-0.25, -0.2) is 0 Å². The Kier molecular flexibility index (Phi) is 4.89. The van der Waals surface area contributed by atoms with Gasteiger partial charge in [-0.05, 0) is 39.9 Å². The number of hydrogen-bond donors (Lipinski definition) is 1. The van der Waals surface area contributed by atoms with Crippen LogP contribution in [0.4, 0.5) is 0 Å². The van der Waals surface area contributed by atoms with E-state index in [1.54, 1.807) is 0 Å². The molecule has 0 amide bonds. The van der Waals surface area contributed by atoms with E-state index in [0.717, 1.165) is 27.4 Å². The predicted molar refractivity (Wildman–Crippen MR) is 77.3 cm³/mol. The van der Waals surface area contributed by atoms with Crippen molar-refractivity contribution in [2.45, 2.75) is 44.6 Å². The number of hydrogen-bond acceptors (Lipinski definition) is 1. The van der Waals surface area contributed by atoms with Crippen LogP contribution in [0.3, 0.4) is 0 Å². The highest BCUT2D eigenvalue weighted by Crippen LogP contribution is 2.35. The first-order chi connectivity index (χ1) is 8.18. The second-order valence-electron chi connectivity index (χ2n) is 4.99. The lowest BCUT2D eigenvalue weighted by atomic mass is 9.83. The quantitative estimate of drug-likeness (QED) is 0.827. The SMILES string of the molecule is NC(CC1CCCCC1)c1cccc(Br)c1Cl. The van der Waals surface area contributed by atoms with Crippen molar-refractivity contribution in [2.75, 3.05) is 0 Å². The van der Waals surface area contributed by atoms with Crippen molar-refractivity contribution in [3.63, 3.8) is 0 Å². The predicted octanol–water partition coefficient (Wildman–Crippen LogP) is 5.07. The number of halogens is 2. The topological polar surface area (TPSA) is 26.0 Å². The molecule has 17 heavy (non-hydrogen) atoms. The zero-order valence-electron chi connectivity index (χ0n) is 9.96. The van der Waals surface area contributed by atoms with E-state index in [2.05, 4.69) is 15.9 Å². The van der Waals surface area contributed by atoms with Crippen molar-refractivity contribution in [2.24, 2.45) is 11.7 Å². The molecule has 1 aliphatic rings. The van der Waals surface area contributed by atoms with Gasteiger partial charge in [0.15, 0.2) is 0 Å². The summed E-state index contributed by atoms with van der Waals surface area (Å²) in [7, 11) is 0. The van der Waals surface area contributed by atoms with E-state index < -0.39 is 0 Å². The van der Waals surface area contributed by atoms with Gasteiger partial charge in [-0.3, -0.25) is 0 Å². The molecule has 0 radical (unpaired) electrons. The Morgan fingerprint density at radius 2 is 2.00 bits per heavy atom. The molecule has 2 rings (SSSR count). The van der Waals surface area contributed by atoms with E-state index in [-0.39, 0.29) is 6.04 Å². The monoisotopic (exact) mass is 315 g/mol. The maximum Gasteiger partial charge on any atom is 0.0595 e. The van der Waals surface area contributed by atoms with Crippen LogP contribution in [0.2, 0.25) is 5.02 Å². The average molecular weight is 317 g/mol. The van der Waals surface area contributed by atoms with E-state index in [1.807, 2.05) is 18.2 Å². The molecule has 0 spiro atoms. The summed E-state index contributed by atoms with van der Waals surface area (Å²) in [5.74, 6) is 0.786. The first kappa shape index (κ1) is 13.4. The largest absolute Gasteiger partial charge is 0.324 e. The van der Waals surface area contributed by atoms with Gasteiger partial charge in [-0.2, -0.15) is 0 Å². The Labute approximate surface area is 117 Å². The molecule has 1 aliphatic carbocycles. The van der Waals surface area contributed by atoms with Crippen LogP contribution in [0.25, 0.3) is 0 Å². The molecule has 94 valence electrons. The van der Waals surface area contributed by atoms with Crippen molar-refractivity contribution < 1.29 is 0 Å². The highest BCUT2D eigenvalue weighted by Gasteiger charge is 2.19. The Morgan fingerprint density at radius 1 is 1.29 bits per heavy atom. The molecule has 0 bridgehead atoms. The van der Waals surface area contributed by atoms with E-state index in [4.69, 9.17) is 17.3 Å². The zero-order valence-corrected chi connectivity index (χ0v) is 12.3. The van der Waals surface area contributed by atoms with Gasteiger partial charge in [-0.1, -0.05) is 55.8 Å². The molecule has 1 aromatic carbocycles. The minimum Gasteiger partial charge on any atom is -0.324 e. The smallest absolute Gasteiger partial charge is 0.0595 e. The molecule has 3 heteroatoms. The van der Waals surface area contributed by atoms with Crippen molar-refractivity contribution in [1.29, 1.82) is 0 Å². The van der Waals surface area contributed by atoms with Gasteiger partial charge in [0.2, 0.25) is 0 Å². The Morgan fingerprint density at radius 3 is 2.71 bits per heavy atom. The van der Waals surface area contributed by atoms with Crippen LogP contribution in [0.1, 0.15) is 50.1 Å². The summed E-state index contributed by atoms with van der Waals surface area (Å²) in [4.78, 5) is 0. The molecular formula is C14H19BrClN. The summed E-state index contributed by atoms with van der Waals surface area (Å²) in [6, 6.07) is 6.08. The number of benzene rings is 1. The van der Waals surface area contributed by atoms with Gasteiger partial charge in [0.1, 0.15) is 0 Å². The highest BCUT2D eigenvalue weighted by molar-refractivity contribution is 9.10. The molecule has 1 saturated carbocycles. The lowest BCUT2D eigenvalue weighted by Crippen LogP contribution is -2.17. The standard InChI is InChI=1S/C14H19BrClN/c15-12-8-4-7-11(14(12)16)13(17)9-10-5-2-1-3-6-10/h4,7-8,10,13H,1-3,5-6,9,17H2. The van der Waals surface area contributed by atoms with Crippen LogP contribution in [-0.4, -0.2) is 0 Å². The molecule has 0 aromatic heterocycles. The van der Waals surface area contributed by atoms with Gasteiger partial charge < -0.3 is 5.73 Å². The molecule has 2 N–H and O–H groups in total. The third-order valence-corrected chi connectivity index (χ3v) is 5.00. The minimum atomic E-state index is 0.0723. The maximum absolute atomic E-state index is 6.29. The van der Waals surface area contributed by atoms with Crippen LogP contribution >= 0.6 is 27.5 Å². The summed E-state index contributed by atoms with van der Waals surface area (Å²) in [5, 5.41) is 0.774. The fourth-order valence-corrected chi connectivity index (χ4v) is 3.36. The van der Waals surface area contributed by atoms with E-state index in [9.17, 15) is 0 Å². The summed E-state index contributed by atoms with van der Waals surface area (Å²) in [6.07, 6.45) is 7.85. The summed E-state index contributed by atoms with van der Waals surface area (Å²) < 4.78 is 0.941. The number of nitrogens with two attached hydrogens (primary N) is 1. The van der Waals surface area contributed by atoms with Crippen molar-refractivity contribution >= 4 is 27.5 Å². The van der Waals surface area contributed by atoms with Crippen LogP contribution in [-0.2, 0) is 0 Å². The zero-order chi connectivity index (χ0) is 12.3. The van der Waals surface area contributed by atoms with E-state index in [1.165, 1.54) is 32.1 Å². The fourth-order valence-electron chi connectivity index (χ4n) is 2.72.